The number of ether oxygens (including phenoxy) is 2. The van der Waals surface area contributed by atoms with Gasteiger partial charge in [-0.2, -0.15) is 0 Å². The maximum absolute atomic E-state index is 12.6. The summed E-state index contributed by atoms with van der Waals surface area (Å²) in [6.45, 7) is 0. The molecule has 32 heavy (non-hydrogen) atoms. The van der Waals surface area contributed by atoms with Crippen LogP contribution in [0.25, 0.3) is 0 Å². The highest BCUT2D eigenvalue weighted by Crippen LogP contribution is 2.19. The number of methoxy groups -OCH3 is 1. The van der Waals surface area contributed by atoms with Crippen LogP contribution in [0, 0.1) is 0 Å². The number of pyridine rings is 1. The van der Waals surface area contributed by atoms with Crippen molar-refractivity contribution in [3.63, 3.8) is 0 Å². The Kier molecular flexibility index (Phi) is 6.50. The molecule has 3 aromatic rings. The molecule has 0 atom stereocenters. The summed E-state index contributed by atoms with van der Waals surface area (Å²) < 4.78 is 37.2. The monoisotopic (exact) mass is 456 g/mol. The van der Waals surface area contributed by atoms with Crippen LogP contribution in [0.1, 0.15) is 31.2 Å². The Balaban J connectivity index is 1.77. The Morgan fingerprint density at radius 1 is 0.938 bits per heavy atom. The van der Waals surface area contributed by atoms with E-state index >= 15 is 0 Å². The van der Waals surface area contributed by atoms with Crippen molar-refractivity contribution in [2.75, 3.05) is 7.11 Å². The standard InChI is InChI=1S/C21H16N2O8S/c1-30-15-5-7-16(8-6-15)31-21(27)14-3-2-4-17(11-14)32(28,29)23-19(24)18-12-13(20(25)26)9-10-22-18/h2-12H,1H3,(H,23,24)(H,25,26). The van der Waals surface area contributed by atoms with E-state index in [1.54, 1.807) is 16.9 Å². The van der Waals surface area contributed by atoms with E-state index < -0.39 is 33.6 Å². The van der Waals surface area contributed by atoms with Crippen molar-refractivity contribution in [3.05, 3.63) is 83.7 Å². The Morgan fingerprint density at radius 2 is 1.62 bits per heavy atom. The molecule has 11 heteroatoms. The minimum Gasteiger partial charge on any atom is -0.497 e. The number of aromatic nitrogens is 1. The molecule has 0 aliphatic rings. The highest BCUT2D eigenvalue weighted by molar-refractivity contribution is 7.90. The van der Waals surface area contributed by atoms with Crippen molar-refractivity contribution in [1.82, 2.24) is 9.71 Å². The predicted molar refractivity (Wildman–Crippen MR) is 110 cm³/mol. The van der Waals surface area contributed by atoms with Crippen LogP contribution >= 0.6 is 0 Å². The predicted octanol–water partition coefficient (Wildman–Crippen LogP) is 2.13. The first kappa shape index (κ1) is 22.4. The largest absolute Gasteiger partial charge is 0.497 e. The molecule has 0 aliphatic heterocycles. The van der Waals surface area contributed by atoms with Gasteiger partial charge in [-0.25, -0.2) is 22.7 Å². The Bertz CT molecular complexity index is 1290. The normalized spacial score (nSPS) is 10.8. The van der Waals surface area contributed by atoms with Crippen LogP contribution in [0.3, 0.4) is 0 Å². The van der Waals surface area contributed by atoms with E-state index in [9.17, 15) is 22.8 Å². The van der Waals surface area contributed by atoms with Crippen molar-refractivity contribution in [3.8, 4) is 11.5 Å². The fraction of sp³-hybridized carbons (Fsp3) is 0.0476. The van der Waals surface area contributed by atoms with Crippen molar-refractivity contribution >= 4 is 27.9 Å². The first-order chi connectivity index (χ1) is 15.2. The second-order valence-corrected chi connectivity index (χ2v) is 7.94. The highest BCUT2D eigenvalue weighted by atomic mass is 32.2. The third-order valence-corrected chi connectivity index (χ3v) is 5.45. The average Bonchev–Trinajstić information content (AvgIpc) is 2.79. The zero-order valence-corrected chi connectivity index (χ0v) is 17.3. The third kappa shape index (κ3) is 5.26. The van der Waals surface area contributed by atoms with Gasteiger partial charge in [0.25, 0.3) is 15.9 Å². The lowest BCUT2D eigenvalue weighted by Crippen LogP contribution is -2.31. The molecule has 0 saturated carbocycles. The molecule has 1 aromatic heterocycles. The van der Waals surface area contributed by atoms with Crippen LogP contribution in [0.2, 0.25) is 0 Å². The SMILES string of the molecule is COc1ccc(OC(=O)c2cccc(S(=O)(=O)NC(=O)c3cc(C(=O)O)ccn3)c2)cc1. The van der Waals surface area contributed by atoms with Gasteiger partial charge in [-0.3, -0.25) is 9.78 Å². The average molecular weight is 456 g/mol. The number of benzene rings is 2. The van der Waals surface area contributed by atoms with E-state index in [1.165, 1.54) is 37.4 Å². The van der Waals surface area contributed by atoms with E-state index in [-0.39, 0.29) is 21.8 Å². The van der Waals surface area contributed by atoms with Crippen molar-refractivity contribution in [1.29, 1.82) is 0 Å². The first-order valence-electron chi connectivity index (χ1n) is 8.92. The Morgan fingerprint density at radius 3 is 2.28 bits per heavy atom. The zero-order chi connectivity index (χ0) is 23.3. The second-order valence-electron chi connectivity index (χ2n) is 6.26. The van der Waals surface area contributed by atoms with Crippen LogP contribution in [-0.4, -0.2) is 43.5 Å². The topological polar surface area (TPSA) is 149 Å². The molecule has 0 radical (unpaired) electrons. The van der Waals surface area contributed by atoms with Gasteiger partial charge in [0.1, 0.15) is 17.2 Å². The van der Waals surface area contributed by atoms with Gasteiger partial charge in [0.2, 0.25) is 0 Å². The molecule has 0 spiro atoms. The lowest BCUT2D eigenvalue weighted by atomic mass is 10.2. The molecule has 2 aromatic carbocycles. The van der Waals surface area contributed by atoms with Crippen molar-refractivity contribution < 1.29 is 37.4 Å². The molecule has 3 rings (SSSR count). The van der Waals surface area contributed by atoms with E-state index in [0.717, 1.165) is 24.4 Å². The Hall–Kier alpha value is -4.25. The summed E-state index contributed by atoms with van der Waals surface area (Å²) in [5.74, 6) is -2.44. The lowest BCUT2D eigenvalue weighted by molar-refractivity contribution is 0.0694. The lowest BCUT2D eigenvalue weighted by Gasteiger charge is -2.09. The number of carboxylic acids is 1. The van der Waals surface area contributed by atoms with Gasteiger partial charge >= 0.3 is 11.9 Å². The summed E-state index contributed by atoms with van der Waals surface area (Å²) in [6.07, 6.45) is 1.07. The van der Waals surface area contributed by atoms with Crippen LogP contribution in [0.4, 0.5) is 0 Å². The van der Waals surface area contributed by atoms with Gasteiger partial charge in [0.05, 0.1) is 23.1 Å². The minimum atomic E-state index is -4.39. The molecule has 0 fully saturated rings. The van der Waals surface area contributed by atoms with Gasteiger partial charge < -0.3 is 14.6 Å². The van der Waals surface area contributed by atoms with Crippen molar-refractivity contribution in [2.24, 2.45) is 0 Å². The quantitative estimate of drug-likeness (QED) is 0.403. The third-order valence-electron chi connectivity index (χ3n) is 4.12. The van der Waals surface area contributed by atoms with Gasteiger partial charge in [0.15, 0.2) is 0 Å². The van der Waals surface area contributed by atoms with E-state index in [2.05, 4.69) is 4.98 Å². The number of rotatable bonds is 7. The first-order valence-corrected chi connectivity index (χ1v) is 10.4. The number of nitrogens with one attached hydrogen (secondary N) is 1. The van der Waals surface area contributed by atoms with E-state index in [4.69, 9.17) is 14.6 Å². The van der Waals surface area contributed by atoms with Gasteiger partial charge in [-0.1, -0.05) is 6.07 Å². The van der Waals surface area contributed by atoms with Gasteiger partial charge in [-0.05, 0) is 54.6 Å². The molecule has 164 valence electrons. The number of carbonyl (C=O) groups excluding carboxylic acids is 2. The number of amides is 1. The maximum Gasteiger partial charge on any atom is 0.343 e. The summed E-state index contributed by atoms with van der Waals surface area (Å²) >= 11 is 0. The summed E-state index contributed by atoms with van der Waals surface area (Å²) in [6, 6.07) is 13.2. The van der Waals surface area contributed by atoms with E-state index in [1.807, 2.05) is 0 Å². The molecular formula is C21H16N2O8S. The second kappa shape index (κ2) is 9.27. The van der Waals surface area contributed by atoms with Crippen molar-refractivity contribution in [2.45, 2.75) is 4.90 Å². The van der Waals surface area contributed by atoms with Crippen LogP contribution in [-0.2, 0) is 10.0 Å². The molecule has 1 heterocycles. The summed E-state index contributed by atoms with van der Waals surface area (Å²) in [5.41, 5.74) is -0.698. The highest BCUT2D eigenvalue weighted by Gasteiger charge is 2.22. The fourth-order valence-corrected chi connectivity index (χ4v) is 3.53. The molecular weight excluding hydrogens is 440 g/mol. The molecule has 0 saturated heterocycles. The molecule has 2 N–H and O–H groups in total. The number of hydrogen-bond donors (Lipinski definition) is 2. The number of aromatic carboxylic acids is 1. The fourth-order valence-electron chi connectivity index (χ4n) is 2.52. The van der Waals surface area contributed by atoms with Crippen LogP contribution in [0.15, 0.2) is 71.8 Å². The number of esters is 1. The van der Waals surface area contributed by atoms with Crippen LogP contribution in [0.5, 0.6) is 11.5 Å². The zero-order valence-electron chi connectivity index (χ0n) is 16.5. The molecule has 0 aliphatic carbocycles. The summed E-state index contributed by atoms with van der Waals surface area (Å²) in [7, 11) is -2.90. The van der Waals surface area contributed by atoms with Gasteiger partial charge in [-0.15, -0.1) is 0 Å². The minimum absolute atomic E-state index is 0.0675. The number of carbonyl (C=O) groups is 3. The number of carboxylic acid groups (broad SMARTS) is 1. The van der Waals surface area contributed by atoms with Gasteiger partial charge in [0, 0.05) is 6.20 Å². The molecule has 10 nitrogen and oxygen atoms in total. The smallest absolute Gasteiger partial charge is 0.343 e. The summed E-state index contributed by atoms with van der Waals surface area (Å²) in [5, 5.41) is 8.99. The maximum atomic E-state index is 12.6. The Labute approximate surface area is 182 Å². The summed E-state index contributed by atoms with van der Waals surface area (Å²) in [4.78, 5) is 39.0. The molecule has 0 unspecified atom stereocenters. The number of hydrogen-bond acceptors (Lipinski definition) is 8. The van der Waals surface area contributed by atoms with E-state index in [0.29, 0.717) is 5.75 Å². The number of sulfonamides is 1. The van der Waals surface area contributed by atoms with Crippen LogP contribution < -0.4 is 14.2 Å². The molecule has 0 bridgehead atoms. The molecule has 1 amide bonds. The number of nitrogens with zero attached hydrogens (tertiary/aromatic N) is 1.